The second-order valence-corrected chi connectivity index (χ2v) is 15.8. The van der Waals surface area contributed by atoms with Crippen molar-refractivity contribution in [1.29, 1.82) is 0 Å². The molecule has 4 fully saturated rings. The lowest BCUT2D eigenvalue weighted by molar-refractivity contribution is -0.122. The third-order valence-corrected chi connectivity index (χ3v) is 11.8. The van der Waals surface area contributed by atoms with Crippen LogP contribution in [0.3, 0.4) is 0 Å². The first-order valence-electron chi connectivity index (χ1n) is 20.0. The second-order valence-electron chi connectivity index (χ2n) is 15.8. The molecule has 1 aliphatic carbocycles. The second kappa shape index (κ2) is 15.8. The Labute approximate surface area is 337 Å². The molecule has 3 aromatic heterocycles. The number of halogens is 2. The Morgan fingerprint density at radius 2 is 1.75 bits per heavy atom. The van der Waals surface area contributed by atoms with Crippen LogP contribution in [0.4, 0.5) is 30.8 Å². The minimum atomic E-state index is -2.90. The number of alkyl halides is 2. The van der Waals surface area contributed by atoms with E-state index in [0.29, 0.717) is 54.8 Å². The van der Waals surface area contributed by atoms with Crippen molar-refractivity contribution in [1.82, 2.24) is 40.0 Å². The maximum atomic E-state index is 14.2. The van der Waals surface area contributed by atoms with E-state index in [1.807, 2.05) is 6.07 Å². The van der Waals surface area contributed by atoms with Crippen LogP contribution in [0.1, 0.15) is 94.3 Å². The summed E-state index contributed by atoms with van der Waals surface area (Å²) in [6.07, 6.45) is 6.89. The Kier molecular flexibility index (Phi) is 10.3. The van der Waals surface area contributed by atoms with Gasteiger partial charge in [0.25, 0.3) is 24.1 Å². The largest absolute Gasteiger partial charge is 0.444 e. The first kappa shape index (κ1) is 38.3. The summed E-state index contributed by atoms with van der Waals surface area (Å²) in [6.45, 7) is 4.48. The summed E-state index contributed by atoms with van der Waals surface area (Å²) < 4.78 is 35.5. The van der Waals surface area contributed by atoms with Crippen molar-refractivity contribution in [3.8, 4) is 11.5 Å². The minimum absolute atomic E-state index is 0.0129. The van der Waals surface area contributed by atoms with Gasteiger partial charge in [-0.3, -0.25) is 29.2 Å². The van der Waals surface area contributed by atoms with Gasteiger partial charge in [-0.15, -0.1) is 0 Å². The van der Waals surface area contributed by atoms with Crippen LogP contribution < -0.4 is 20.9 Å². The fourth-order valence-corrected chi connectivity index (χ4v) is 8.35. The number of benzene rings is 1. The molecular weight excluding hydrogens is 769 g/mol. The highest BCUT2D eigenvalue weighted by atomic mass is 19.3. The van der Waals surface area contributed by atoms with Crippen molar-refractivity contribution >= 4 is 46.9 Å². The Hall–Kier alpha value is -6.24. The number of aromatic nitrogens is 4. The molecule has 1 saturated carbocycles. The van der Waals surface area contributed by atoms with Gasteiger partial charge in [0, 0.05) is 63.6 Å². The number of fused-ring (bicyclic) bond motifs is 1. The van der Waals surface area contributed by atoms with Crippen LogP contribution in [0.2, 0.25) is 0 Å². The van der Waals surface area contributed by atoms with Crippen molar-refractivity contribution in [2.24, 2.45) is 11.8 Å². The molecule has 0 bridgehead atoms. The van der Waals surface area contributed by atoms with Crippen LogP contribution in [0, 0.1) is 11.8 Å². The Morgan fingerprint density at radius 3 is 2.49 bits per heavy atom. The number of amides is 6. The van der Waals surface area contributed by atoms with Crippen LogP contribution in [0.5, 0.6) is 0 Å². The zero-order chi connectivity index (χ0) is 40.8. The molecule has 3 saturated heterocycles. The molecule has 19 heteroatoms. The van der Waals surface area contributed by atoms with E-state index >= 15 is 0 Å². The van der Waals surface area contributed by atoms with Gasteiger partial charge in [-0.1, -0.05) is 6.07 Å². The number of carbonyl (C=O) groups excluding carboxylic acids is 5. The summed E-state index contributed by atoms with van der Waals surface area (Å²) in [5.41, 5.74) is 1.13. The van der Waals surface area contributed by atoms with E-state index in [-0.39, 0.29) is 47.4 Å². The molecule has 0 spiro atoms. The summed E-state index contributed by atoms with van der Waals surface area (Å²) >= 11 is 0. The average molecular weight is 812 g/mol. The number of urea groups is 1. The maximum absolute atomic E-state index is 14.2. The summed E-state index contributed by atoms with van der Waals surface area (Å²) in [7, 11) is 0. The molecule has 1 aromatic carbocycles. The summed E-state index contributed by atoms with van der Waals surface area (Å²) in [6, 6.07) is 7.72. The van der Waals surface area contributed by atoms with Gasteiger partial charge in [-0.2, -0.15) is 10.1 Å². The molecule has 0 radical (unpaired) electrons. The van der Waals surface area contributed by atoms with Gasteiger partial charge in [0.15, 0.2) is 11.4 Å². The number of pyridine rings is 1. The third kappa shape index (κ3) is 7.85. The topological polar surface area (TPSA) is 191 Å². The van der Waals surface area contributed by atoms with Gasteiger partial charge in [0.1, 0.15) is 12.1 Å². The van der Waals surface area contributed by atoms with E-state index in [9.17, 15) is 32.8 Å². The lowest BCUT2D eigenvalue weighted by Gasteiger charge is -2.38. The predicted octanol–water partition coefficient (Wildman–Crippen LogP) is 4.95. The number of rotatable bonds is 12. The van der Waals surface area contributed by atoms with Gasteiger partial charge in [-0.25, -0.2) is 28.6 Å². The van der Waals surface area contributed by atoms with Crippen LogP contribution in [0.15, 0.2) is 53.4 Å². The summed E-state index contributed by atoms with van der Waals surface area (Å²) in [4.78, 5) is 77.3. The number of hydrogen-bond donors (Lipinski definition) is 3. The number of anilines is 3. The molecule has 17 nitrogen and oxygen atoms in total. The van der Waals surface area contributed by atoms with Crippen LogP contribution >= 0.6 is 0 Å². The molecule has 4 aromatic rings. The molecular formula is C40H43F2N11O6. The van der Waals surface area contributed by atoms with Crippen molar-refractivity contribution in [2.45, 2.75) is 57.4 Å². The van der Waals surface area contributed by atoms with E-state index in [4.69, 9.17) is 4.42 Å². The first-order chi connectivity index (χ1) is 28.6. The molecule has 6 amide bonds. The Morgan fingerprint density at radius 1 is 0.949 bits per heavy atom. The number of hydrazine groups is 1. The van der Waals surface area contributed by atoms with E-state index in [1.54, 1.807) is 30.5 Å². The fourth-order valence-electron chi connectivity index (χ4n) is 8.35. The van der Waals surface area contributed by atoms with E-state index in [2.05, 4.69) is 40.8 Å². The minimum Gasteiger partial charge on any atom is -0.444 e. The average Bonchev–Trinajstić information content (AvgIpc) is 3.64. The van der Waals surface area contributed by atoms with Crippen LogP contribution in [-0.4, -0.2) is 110 Å². The Balaban J connectivity index is 0.775. The molecule has 59 heavy (non-hydrogen) atoms. The lowest BCUT2D eigenvalue weighted by atomic mass is 9.93. The zero-order valence-corrected chi connectivity index (χ0v) is 32.1. The number of oxazole rings is 1. The number of carbonyl (C=O) groups is 5. The van der Waals surface area contributed by atoms with E-state index in [0.717, 1.165) is 49.0 Å². The standard InChI is InChI=1S/C40H43F2N11O6/c41-35(42)34-28(45-36(55)29-22-59-37(46-29)25-6-12-43-31(18-25)44-19-23-4-5-23)21-51(48-34)26-9-13-49(14-10-26)20-24-7-15-50(16-8-24)30-3-1-2-27-33(30)39(57)53(38(27)56)52-17-11-32(54)47-40(52)58/h1-3,6,12,18,21-24,26,35H,4-5,7-11,13-17,19-20H2,(H,43,44)(H,45,55)(H,47,54,58). The fraction of sp³-hybridized carbons (Fsp3) is 0.450. The van der Waals surface area contributed by atoms with Gasteiger partial charge >= 0.3 is 6.03 Å². The monoisotopic (exact) mass is 811 g/mol. The summed E-state index contributed by atoms with van der Waals surface area (Å²) in [5, 5.41) is 14.1. The molecule has 9 rings (SSSR count). The van der Waals surface area contributed by atoms with E-state index < -0.39 is 41.8 Å². The highest BCUT2D eigenvalue weighted by molar-refractivity contribution is 6.24. The predicted molar refractivity (Wildman–Crippen MR) is 208 cm³/mol. The smallest absolute Gasteiger partial charge is 0.343 e. The van der Waals surface area contributed by atoms with E-state index in [1.165, 1.54) is 30.0 Å². The molecule has 7 heterocycles. The number of piperidine rings is 2. The number of likely N-dealkylation sites (tertiary alicyclic amines) is 1. The molecule has 0 atom stereocenters. The highest BCUT2D eigenvalue weighted by Crippen LogP contribution is 2.36. The molecule has 4 aliphatic heterocycles. The molecule has 0 unspecified atom stereocenters. The molecule has 308 valence electrons. The van der Waals surface area contributed by atoms with Crippen LogP contribution in [-0.2, 0) is 4.79 Å². The van der Waals surface area contributed by atoms with Crippen molar-refractivity contribution in [3.05, 3.63) is 71.5 Å². The first-order valence-corrected chi connectivity index (χ1v) is 20.0. The molecule has 5 aliphatic rings. The van der Waals surface area contributed by atoms with Gasteiger partial charge < -0.3 is 24.9 Å². The van der Waals surface area contributed by atoms with Crippen LogP contribution in [0.25, 0.3) is 11.5 Å². The van der Waals surface area contributed by atoms with Crippen molar-refractivity contribution in [3.63, 3.8) is 0 Å². The van der Waals surface area contributed by atoms with Gasteiger partial charge in [0.05, 0.1) is 35.1 Å². The normalized spacial score (nSPS) is 19.5. The number of nitrogens with one attached hydrogen (secondary N) is 3. The van der Waals surface area contributed by atoms with Gasteiger partial charge in [0.2, 0.25) is 11.8 Å². The van der Waals surface area contributed by atoms with Crippen molar-refractivity contribution < 1.29 is 37.2 Å². The SMILES string of the molecule is O=C1CCN(N2C(=O)c3cccc(N4CCC(CN5CCC(n6cc(NC(=O)c7coc(-c8ccnc(NCC9CC9)c8)n7)c(C(F)F)n6)CC5)CC4)c3C2=O)C(=O)N1. The van der Waals surface area contributed by atoms with Gasteiger partial charge in [-0.05, 0) is 74.6 Å². The lowest BCUT2D eigenvalue weighted by Crippen LogP contribution is -2.58. The number of hydrogen-bond acceptors (Lipinski definition) is 12. The number of imide groups is 2. The molecule has 3 N–H and O–H groups in total. The quantitative estimate of drug-likeness (QED) is 0.164. The maximum Gasteiger partial charge on any atom is 0.343 e. The third-order valence-electron chi connectivity index (χ3n) is 11.8. The Bertz CT molecular complexity index is 2290. The zero-order valence-electron chi connectivity index (χ0n) is 32.1. The summed E-state index contributed by atoms with van der Waals surface area (Å²) in [5.74, 6) is -0.389. The highest BCUT2D eigenvalue weighted by Gasteiger charge is 2.45. The number of nitrogens with zero attached hydrogens (tertiary/aromatic N) is 8. The van der Waals surface area contributed by atoms with Crippen molar-refractivity contribution in [2.75, 3.05) is 61.3 Å².